The van der Waals surface area contributed by atoms with Crippen molar-refractivity contribution in [1.82, 2.24) is 4.57 Å². The lowest BCUT2D eigenvalue weighted by atomic mass is 9.93. The number of hydrogen-bond donors (Lipinski definition) is 0. The highest BCUT2D eigenvalue weighted by molar-refractivity contribution is 7.07. The van der Waals surface area contributed by atoms with Gasteiger partial charge in [-0.2, -0.15) is 0 Å². The van der Waals surface area contributed by atoms with Gasteiger partial charge in [0.25, 0.3) is 5.56 Å². The first-order valence-electron chi connectivity index (χ1n) is 9.82. The van der Waals surface area contributed by atoms with Gasteiger partial charge in [-0.05, 0) is 55.3 Å². The van der Waals surface area contributed by atoms with Crippen LogP contribution in [0.4, 0.5) is 10.1 Å². The first kappa shape index (κ1) is 20.9. The summed E-state index contributed by atoms with van der Waals surface area (Å²) in [5, 5.41) is 0. The van der Waals surface area contributed by atoms with Crippen LogP contribution in [0.2, 0.25) is 0 Å². The molecule has 158 valence electrons. The van der Waals surface area contributed by atoms with Crippen LogP contribution >= 0.6 is 11.3 Å². The smallest absolute Gasteiger partial charge is 0.271 e. The molecule has 0 fully saturated rings. The van der Waals surface area contributed by atoms with Gasteiger partial charge in [0.2, 0.25) is 0 Å². The van der Waals surface area contributed by atoms with E-state index in [0.717, 1.165) is 16.8 Å². The summed E-state index contributed by atoms with van der Waals surface area (Å²) in [4.78, 5) is 33.0. The number of hydrogen-bond acceptors (Lipinski definition) is 5. The molecule has 0 amide bonds. The third-order valence-corrected chi connectivity index (χ3v) is 6.28. The fourth-order valence-electron chi connectivity index (χ4n) is 3.75. The van der Waals surface area contributed by atoms with E-state index in [0.29, 0.717) is 20.6 Å². The highest BCUT2D eigenvalue weighted by atomic mass is 32.1. The van der Waals surface area contributed by atoms with Crippen molar-refractivity contribution in [2.75, 3.05) is 19.0 Å². The van der Waals surface area contributed by atoms with E-state index in [1.165, 1.54) is 30.4 Å². The molecule has 0 unspecified atom stereocenters. The van der Waals surface area contributed by atoms with E-state index in [4.69, 9.17) is 0 Å². The van der Waals surface area contributed by atoms with Crippen LogP contribution < -0.4 is 19.8 Å². The maximum atomic E-state index is 13.4. The Kier molecular flexibility index (Phi) is 5.45. The van der Waals surface area contributed by atoms with Crippen molar-refractivity contribution in [2.45, 2.75) is 19.9 Å². The number of anilines is 1. The first-order chi connectivity index (χ1) is 14.8. The molecule has 0 spiro atoms. The molecule has 2 aromatic carbocycles. The Balaban J connectivity index is 1.93. The minimum Gasteiger partial charge on any atom is -0.378 e. The van der Waals surface area contributed by atoms with Gasteiger partial charge < -0.3 is 4.90 Å². The number of Topliss-reactive ketones (excluding diaryl/α,β-unsaturated/α-hetero) is 1. The van der Waals surface area contributed by atoms with E-state index < -0.39 is 6.04 Å². The van der Waals surface area contributed by atoms with Crippen LogP contribution in [-0.4, -0.2) is 24.4 Å². The molecule has 0 radical (unpaired) electrons. The molecule has 1 atom stereocenters. The number of benzene rings is 2. The summed E-state index contributed by atoms with van der Waals surface area (Å²) >= 11 is 1.27. The number of aromatic nitrogens is 1. The SMILES string of the molecule is CC(=O)C1=C(C)N=c2s/c(=C/c3ccc(F)cc3)c(=O)n2[C@@H]1c1ccc(N(C)C)cc1. The number of halogens is 1. The second-order valence-corrected chi connectivity index (χ2v) is 8.68. The van der Waals surface area contributed by atoms with Gasteiger partial charge in [-0.1, -0.05) is 35.6 Å². The molecular weight excluding hydrogens is 413 g/mol. The average Bonchev–Trinajstić information content (AvgIpc) is 3.03. The van der Waals surface area contributed by atoms with Crippen molar-refractivity contribution in [3.63, 3.8) is 0 Å². The van der Waals surface area contributed by atoms with Crippen LogP contribution in [0, 0.1) is 5.82 Å². The van der Waals surface area contributed by atoms with Gasteiger partial charge in [0, 0.05) is 31.1 Å². The van der Waals surface area contributed by atoms with Gasteiger partial charge in [-0.3, -0.25) is 14.2 Å². The second kappa shape index (κ2) is 8.07. The van der Waals surface area contributed by atoms with Gasteiger partial charge in [-0.25, -0.2) is 9.38 Å². The number of rotatable bonds is 4. The fraction of sp³-hybridized carbons (Fsp3) is 0.208. The molecule has 1 aromatic heterocycles. The number of nitrogens with zero attached hydrogens (tertiary/aromatic N) is 3. The van der Waals surface area contributed by atoms with E-state index in [9.17, 15) is 14.0 Å². The molecule has 0 saturated heterocycles. The summed E-state index contributed by atoms with van der Waals surface area (Å²) in [6.07, 6.45) is 1.72. The first-order valence-corrected chi connectivity index (χ1v) is 10.6. The average molecular weight is 436 g/mol. The molecule has 0 aliphatic carbocycles. The molecule has 0 N–H and O–H groups in total. The summed E-state index contributed by atoms with van der Waals surface area (Å²) in [6.45, 7) is 3.30. The van der Waals surface area contributed by atoms with Crippen molar-refractivity contribution in [1.29, 1.82) is 0 Å². The van der Waals surface area contributed by atoms with Gasteiger partial charge in [0.1, 0.15) is 5.82 Å². The van der Waals surface area contributed by atoms with Crippen molar-refractivity contribution < 1.29 is 9.18 Å². The summed E-state index contributed by atoms with van der Waals surface area (Å²) < 4.78 is 15.3. The van der Waals surface area contributed by atoms with E-state index in [1.54, 1.807) is 29.7 Å². The molecular formula is C24H22FN3O2S. The Labute approximate surface area is 183 Å². The van der Waals surface area contributed by atoms with Crippen molar-refractivity contribution >= 4 is 28.9 Å². The summed E-state index contributed by atoms with van der Waals surface area (Å²) in [5.41, 5.74) is 3.50. The summed E-state index contributed by atoms with van der Waals surface area (Å²) in [7, 11) is 3.91. The van der Waals surface area contributed by atoms with Crippen LogP contribution in [-0.2, 0) is 4.79 Å². The lowest BCUT2D eigenvalue weighted by Crippen LogP contribution is -2.39. The van der Waals surface area contributed by atoms with E-state index >= 15 is 0 Å². The van der Waals surface area contributed by atoms with Crippen molar-refractivity contribution in [3.8, 4) is 0 Å². The summed E-state index contributed by atoms with van der Waals surface area (Å²) in [5.74, 6) is -0.447. The zero-order valence-electron chi connectivity index (χ0n) is 17.7. The van der Waals surface area contributed by atoms with Crippen LogP contribution in [0.25, 0.3) is 6.08 Å². The van der Waals surface area contributed by atoms with Crippen LogP contribution in [0.1, 0.15) is 31.0 Å². The van der Waals surface area contributed by atoms with Crippen LogP contribution in [0.15, 0.2) is 69.6 Å². The van der Waals surface area contributed by atoms with Crippen LogP contribution in [0.3, 0.4) is 0 Å². The zero-order chi connectivity index (χ0) is 22.3. The quantitative estimate of drug-likeness (QED) is 0.633. The highest BCUT2D eigenvalue weighted by Crippen LogP contribution is 2.31. The summed E-state index contributed by atoms with van der Waals surface area (Å²) in [6, 6.07) is 13.2. The number of thiazole rings is 1. The van der Waals surface area contributed by atoms with Crippen molar-refractivity contribution in [3.05, 3.63) is 96.4 Å². The lowest BCUT2D eigenvalue weighted by molar-refractivity contribution is -0.114. The number of fused-ring (bicyclic) bond motifs is 1. The molecule has 0 bridgehead atoms. The largest absolute Gasteiger partial charge is 0.378 e. The normalized spacial score (nSPS) is 16.2. The fourth-order valence-corrected chi connectivity index (χ4v) is 4.80. The van der Waals surface area contributed by atoms with Gasteiger partial charge in [0.15, 0.2) is 10.6 Å². The number of allylic oxidation sites excluding steroid dienone is 2. The third-order valence-electron chi connectivity index (χ3n) is 5.29. The van der Waals surface area contributed by atoms with Crippen LogP contribution in [0.5, 0.6) is 0 Å². The number of carbonyl (C=O) groups is 1. The Hall–Kier alpha value is -3.32. The Morgan fingerprint density at radius 3 is 2.35 bits per heavy atom. The molecule has 1 aliphatic heterocycles. The monoisotopic (exact) mass is 435 g/mol. The Bertz CT molecular complexity index is 1360. The second-order valence-electron chi connectivity index (χ2n) is 7.68. The zero-order valence-corrected chi connectivity index (χ0v) is 18.5. The highest BCUT2D eigenvalue weighted by Gasteiger charge is 2.30. The maximum Gasteiger partial charge on any atom is 0.271 e. The minimum absolute atomic E-state index is 0.115. The lowest BCUT2D eigenvalue weighted by Gasteiger charge is -2.25. The standard InChI is InChI=1S/C24H22FN3O2S/c1-14-21(15(2)29)22(17-7-11-19(12-8-17)27(3)4)28-23(30)20(31-24(28)26-14)13-16-5-9-18(25)10-6-16/h5-13,22H,1-4H3/b20-13+/t22-/m1/s1. The topological polar surface area (TPSA) is 54.7 Å². The van der Waals surface area contributed by atoms with E-state index in [1.807, 2.05) is 43.3 Å². The van der Waals surface area contributed by atoms with E-state index in [-0.39, 0.29) is 17.2 Å². The van der Waals surface area contributed by atoms with Crippen molar-refractivity contribution in [2.24, 2.45) is 4.99 Å². The van der Waals surface area contributed by atoms with Gasteiger partial charge in [-0.15, -0.1) is 0 Å². The minimum atomic E-state index is -0.541. The molecule has 31 heavy (non-hydrogen) atoms. The molecule has 1 aliphatic rings. The maximum absolute atomic E-state index is 13.4. The third kappa shape index (κ3) is 3.88. The molecule has 2 heterocycles. The predicted molar refractivity (Wildman–Crippen MR) is 122 cm³/mol. The Morgan fingerprint density at radius 1 is 1.13 bits per heavy atom. The molecule has 7 heteroatoms. The Morgan fingerprint density at radius 2 is 1.77 bits per heavy atom. The number of ketones is 1. The molecule has 5 nitrogen and oxygen atoms in total. The molecule has 4 rings (SSSR count). The van der Waals surface area contributed by atoms with Gasteiger partial charge >= 0.3 is 0 Å². The molecule has 0 saturated carbocycles. The van der Waals surface area contributed by atoms with Gasteiger partial charge in [0.05, 0.1) is 10.6 Å². The predicted octanol–water partition coefficient (Wildman–Crippen LogP) is 3.03. The number of carbonyl (C=O) groups excluding carboxylic acids is 1. The molecule has 3 aromatic rings. The van der Waals surface area contributed by atoms with E-state index in [2.05, 4.69) is 4.99 Å².